The van der Waals surface area contributed by atoms with E-state index in [0.717, 1.165) is 0 Å². The molecule has 2 N–H and O–H groups in total. The van der Waals surface area contributed by atoms with Gasteiger partial charge in [0.25, 0.3) is 0 Å². The second kappa shape index (κ2) is 6.99. The molecule has 0 aliphatic heterocycles. The highest BCUT2D eigenvalue weighted by Gasteiger charge is 2.16. The van der Waals surface area contributed by atoms with E-state index < -0.39 is 17.7 Å². The van der Waals surface area contributed by atoms with Crippen molar-refractivity contribution in [3.8, 4) is 11.5 Å². The Morgan fingerprint density at radius 2 is 1.88 bits per heavy atom. The van der Waals surface area contributed by atoms with E-state index in [1.54, 1.807) is 45.0 Å². The number of pyridine rings is 1. The molecular weight excluding hydrogens is 312 g/mol. The van der Waals surface area contributed by atoms with Gasteiger partial charge in [-0.05, 0) is 45.0 Å². The molecule has 0 bridgehead atoms. The van der Waals surface area contributed by atoms with Crippen molar-refractivity contribution in [2.45, 2.75) is 26.4 Å². The molecule has 0 spiro atoms. The third kappa shape index (κ3) is 5.28. The molecule has 126 valence electrons. The average molecular weight is 330 g/mol. The monoisotopic (exact) mass is 330 g/mol. The Kier molecular flexibility index (Phi) is 5.03. The number of amides is 1. The number of nitrogens with zero attached hydrogens (tertiary/aromatic N) is 1. The fourth-order valence-electron chi connectivity index (χ4n) is 1.76. The number of carboxylic acids is 1. The van der Waals surface area contributed by atoms with E-state index in [0.29, 0.717) is 17.2 Å². The summed E-state index contributed by atoms with van der Waals surface area (Å²) in [5.74, 6) is -0.257. The van der Waals surface area contributed by atoms with Crippen molar-refractivity contribution in [2.24, 2.45) is 0 Å². The lowest BCUT2D eigenvalue weighted by Gasteiger charge is -2.19. The summed E-state index contributed by atoms with van der Waals surface area (Å²) in [5.41, 5.74) is -0.144. The molecule has 0 atom stereocenters. The van der Waals surface area contributed by atoms with Crippen LogP contribution in [0.5, 0.6) is 11.5 Å². The third-order valence-electron chi connectivity index (χ3n) is 2.67. The second-order valence-electron chi connectivity index (χ2n) is 5.94. The summed E-state index contributed by atoms with van der Waals surface area (Å²) in [6.45, 7) is 5.33. The number of ether oxygens (including phenoxy) is 2. The van der Waals surface area contributed by atoms with Crippen LogP contribution in [0, 0.1) is 0 Å². The van der Waals surface area contributed by atoms with Crippen LogP contribution in [0.2, 0.25) is 0 Å². The van der Waals surface area contributed by atoms with Crippen LogP contribution < -0.4 is 10.1 Å². The first kappa shape index (κ1) is 17.3. The van der Waals surface area contributed by atoms with Crippen molar-refractivity contribution < 1.29 is 24.2 Å². The molecule has 0 unspecified atom stereocenters. The Labute approximate surface area is 139 Å². The van der Waals surface area contributed by atoms with Gasteiger partial charge in [-0.2, -0.15) is 0 Å². The predicted octanol–water partition coefficient (Wildman–Crippen LogP) is 3.92. The van der Waals surface area contributed by atoms with E-state index >= 15 is 0 Å². The number of benzene rings is 1. The minimum Gasteiger partial charge on any atom is -0.477 e. The van der Waals surface area contributed by atoms with Gasteiger partial charge in [0.05, 0.1) is 6.20 Å². The zero-order valence-electron chi connectivity index (χ0n) is 13.6. The number of rotatable bonds is 4. The van der Waals surface area contributed by atoms with Crippen LogP contribution in [0.25, 0.3) is 0 Å². The normalized spacial score (nSPS) is 10.8. The molecule has 0 saturated heterocycles. The molecule has 0 aliphatic carbocycles. The summed E-state index contributed by atoms with van der Waals surface area (Å²) < 4.78 is 10.8. The fraction of sp³-hybridized carbons (Fsp3) is 0.235. The largest absolute Gasteiger partial charge is 0.477 e. The quantitative estimate of drug-likeness (QED) is 0.881. The molecule has 1 heterocycles. The van der Waals surface area contributed by atoms with E-state index in [9.17, 15) is 9.59 Å². The molecular formula is C17H18N2O5. The molecule has 24 heavy (non-hydrogen) atoms. The lowest BCUT2D eigenvalue weighted by molar-refractivity contribution is 0.0634. The van der Waals surface area contributed by atoms with Gasteiger partial charge in [-0.15, -0.1) is 0 Å². The molecule has 0 aliphatic rings. The van der Waals surface area contributed by atoms with Crippen molar-refractivity contribution in [2.75, 3.05) is 5.32 Å². The van der Waals surface area contributed by atoms with Crippen LogP contribution in [0.1, 0.15) is 31.3 Å². The van der Waals surface area contributed by atoms with Gasteiger partial charge in [0.15, 0.2) is 0 Å². The molecule has 1 aromatic heterocycles. The van der Waals surface area contributed by atoms with Gasteiger partial charge < -0.3 is 14.6 Å². The standard InChI is InChI=1S/C17H18N2O5/c1-17(2,3)24-16(22)19-11-5-4-6-12(9-11)23-13-7-8-14(15(20)21)18-10-13/h4-10H,1-3H3,(H,19,22)(H,20,21). The van der Waals surface area contributed by atoms with Gasteiger partial charge in [0.2, 0.25) is 0 Å². The summed E-state index contributed by atoms with van der Waals surface area (Å²) in [7, 11) is 0. The topological polar surface area (TPSA) is 97.8 Å². The van der Waals surface area contributed by atoms with E-state index in [-0.39, 0.29) is 5.69 Å². The van der Waals surface area contributed by atoms with Gasteiger partial charge in [0, 0.05) is 11.8 Å². The maximum Gasteiger partial charge on any atom is 0.412 e. The van der Waals surface area contributed by atoms with E-state index in [1.165, 1.54) is 18.3 Å². The number of carbonyl (C=O) groups is 2. The Hall–Kier alpha value is -3.09. The lowest BCUT2D eigenvalue weighted by atomic mass is 10.2. The zero-order chi connectivity index (χ0) is 17.7. The Morgan fingerprint density at radius 1 is 1.12 bits per heavy atom. The highest BCUT2D eigenvalue weighted by atomic mass is 16.6. The first-order valence-electron chi connectivity index (χ1n) is 7.20. The molecule has 1 aromatic carbocycles. The van der Waals surface area contributed by atoms with Crippen molar-refractivity contribution in [3.63, 3.8) is 0 Å². The Bertz CT molecular complexity index is 735. The minimum absolute atomic E-state index is 0.0670. The van der Waals surface area contributed by atoms with Crippen LogP contribution in [-0.4, -0.2) is 27.8 Å². The predicted molar refractivity (Wildman–Crippen MR) is 87.6 cm³/mol. The molecule has 1 amide bonds. The first-order valence-corrected chi connectivity index (χ1v) is 7.20. The lowest BCUT2D eigenvalue weighted by Crippen LogP contribution is -2.27. The highest BCUT2D eigenvalue weighted by molar-refractivity contribution is 5.85. The van der Waals surface area contributed by atoms with Crippen LogP contribution in [0.15, 0.2) is 42.6 Å². The van der Waals surface area contributed by atoms with E-state index in [4.69, 9.17) is 14.6 Å². The maximum atomic E-state index is 11.8. The minimum atomic E-state index is -1.11. The number of hydrogen-bond acceptors (Lipinski definition) is 5. The molecule has 2 rings (SSSR count). The smallest absolute Gasteiger partial charge is 0.412 e. The SMILES string of the molecule is CC(C)(C)OC(=O)Nc1cccc(Oc2ccc(C(=O)O)nc2)c1. The van der Waals surface area contributed by atoms with Crippen LogP contribution in [0.4, 0.5) is 10.5 Å². The zero-order valence-corrected chi connectivity index (χ0v) is 13.6. The third-order valence-corrected chi connectivity index (χ3v) is 2.67. The summed E-state index contributed by atoms with van der Waals surface area (Å²) in [6.07, 6.45) is 0.754. The summed E-state index contributed by atoms with van der Waals surface area (Å²) in [6, 6.07) is 9.58. The fourth-order valence-corrected chi connectivity index (χ4v) is 1.76. The summed E-state index contributed by atoms with van der Waals surface area (Å²) >= 11 is 0. The second-order valence-corrected chi connectivity index (χ2v) is 5.94. The van der Waals surface area contributed by atoms with Crippen LogP contribution >= 0.6 is 0 Å². The number of hydrogen-bond donors (Lipinski definition) is 2. The Morgan fingerprint density at radius 3 is 2.46 bits per heavy atom. The van der Waals surface area contributed by atoms with Crippen molar-refractivity contribution in [3.05, 3.63) is 48.3 Å². The number of carbonyl (C=O) groups excluding carboxylic acids is 1. The van der Waals surface area contributed by atoms with Gasteiger partial charge in [-0.3, -0.25) is 5.32 Å². The summed E-state index contributed by atoms with van der Waals surface area (Å²) in [4.78, 5) is 26.3. The Balaban J connectivity index is 2.04. The molecule has 7 nitrogen and oxygen atoms in total. The number of nitrogens with one attached hydrogen (secondary N) is 1. The number of aromatic nitrogens is 1. The van der Waals surface area contributed by atoms with Crippen LogP contribution in [0.3, 0.4) is 0 Å². The van der Waals surface area contributed by atoms with Gasteiger partial charge in [-0.1, -0.05) is 6.07 Å². The van der Waals surface area contributed by atoms with Gasteiger partial charge in [0.1, 0.15) is 22.8 Å². The van der Waals surface area contributed by atoms with Crippen molar-refractivity contribution >= 4 is 17.7 Å². The van der Waals surface area contributed by atoms with Gasteiger partial charge >= 0.3 is 12.1 Å². The van der Waals surface area contributed by atoms with E-state index in [2.05, 4.69) is 10.3 Å². The highest BCUT2D eigenvalue weighted by Crippen LogP contribution is 2.24. The van der Waals surface area contributed by atoms with Crippen LogP contribution in [-0.2, 0) is 4.74 Å². The maximum absolute atomic E-state index is 11.8. The molecule has 0 saturated carbocycles. The molecule has 2 aromatic rings. The van der Waals surface area contributed by atoms with Crippen molar-refractivity contribution in [1.29, 1.82) is 0 Å². The average Bonchev–Trinajstić information content (AvgIpc) is 2.46. The first-order chi connectivity index (χ1) is 11.2. The molecule has 0 fully saturated rings. The number of anilines is 1. The summed E-state index contributed by atoms with van der Waals surface area (Å²) in [5, 5.41) is 11.4. The van der Waals surface area contributed by atoms with E-state index in [1.807, 2.05) is 0 Å². The number of aromatic carboxylic acids is 1. The van der Waals surface area contributed by atoms with Crippen molar-refractivity contribution in [1.82, 2.24) is 4.98 Å². The molecule has 0 radical (unpaired) electrons. The number of carboxylic acid groups (broad SMARTS) is 1. The van der Waals surface area contributed by atoms with Gasteiger partial charge in [-0.25, -0.2) is 14.6 Å². The molecule has 7 heteroatoms.